The summed E-state index contributed by atoms with van der Waals surface area (Å²) in [4.78, 5) is 35.5. The average molecular weight is 367 g/mol. The van der Waals surface area contributed by atoms with Crippen LogP contribution in [-0.4, -0.2) is 30.9 Å². The van der Waals surface area contributed by atoms with Gasteiger partial charge in [-0.15, -0.1) is 0 Å². The number of rotatable bonds is 7. The van der Waals surface area contributed by atoms with Gasteiger partial charge in [-0.1, -0.05) is 30.3 Å². The molecule has 0 aliphatic rings. The van der Waals surface area contributed by atoms with Crippen molar-refractivity contribution < 1.29 is 23.9 Å². The second-order valence-corrected chi connectivity index (χ2v) is 5.78. The van der Waals surface area contributed by atoms with Crippen molar-refractivity contribution in [1.29, 1.82) is 0 Å². The summed E-state index contributed by atoms with van der Waals surface area (Å²) in [5, 5.41) is 2.62. The van der Waals surface area contributed by atoms with Crippen molar-refractivity contribution in [3.8, 4) is 5.75 Å². The molecule has 27 heavy (non-hydrogen) atoms. The Labute approximate surface area is 157 Å². The van der Waals surface area contributed by atoms with Gasteiger partial charge in [-0.2, -0.15) is 0 Å². The quantitative estimate of drug-likeness (QED) is 0.460. The number of nitrogens with one attached hydrogen (secondary N) is 1. The SMILES string of the molecule is COc1ccccc1/C=C/C(=O)OC(C)C(=O)Nc1cccc(C(C)=O)c1. The Morgan fingerprint density at radius 1 is 1.07 bits per heavy atom. The first-order chi connectivity index (χ1) is 12.9. The average Bonchev–Trinajstić information content (AvgIpc) is 2.66. The van der Waals surface area contributed by atoms with Crippen LogP contribution in [0.5, 0.6) is 5.75 Å². The molecule has 0 fully saturated rings. The number of ether oxygens (including phenoxy) is 2. The molecule has 2 aromatic rings. The second-order valence-electron chi connectivity index (χ2n) is 5.78. The largest absolute Gasteiger partial charge is 0.496 e. The van der Waals surface area contributed by atoms with Crippen LogP contribution < -0.4 is 10.1 Å². The fourth-order valence-corrected chi connectivity index (χ4v) is 2.29. The molecule has 0 bridgehead atoms. The van der Waals surface area contributed by atoms with E-state index in [0.29, 0.717) is 17.0 Å². The predicted octanol–water partition coefficient (Wildman–Crippen LogP) is 3.48. The van der Waals surface area contributed by atoms with Crippen LogP contribution >= 0.6 is 0 Å². The Bertz CT molecular complexity index is 872. The van der Waals surface area contributed by atoms with E-state index in [4.69, 9.17) is 9.47 Å². The number of ketones is 1. The van der Waals surface area contributed by atoms with Crippen LogP contribution in [0.25, 0.3) is 6.08 Å². The fraction of sp³-hybridized carbons (Fsp3) is 0.190. The first-order valence-electron chi connectivity index (χ1n) is 8.34. The van der Waals surface area contributed by atoms with Gasteiger partial charge in [-0.3, -0.25) is 9.59 Å². The van der Waals surface area contributed by atoms with E-state index >= 15 is 0 Å². The van der Waals surface area contributed by atoms with Crippen molar-refractivity contribution >= 4 is 29.4 Å². The number of hydrogen-bond acceptors (Lipinski definition) is 5. The van der Waals surface area contributed by atoms with E-state index < -0.39 is 18.0 Å². The summed E-state index contributed by atoms with van der Waals surface area (Å²) >= 11 is 0. The lowest BCUT2D eigenvalue weighted by molar-refractivity contribution is -0.148. The number of para-hydroxylation sites is 1. The Balaban J connectivity index is 1.95. The van der Waals surface area contributed by atoms with Gasteiger partial charge in [-0.25, -0.2) is 4.79 Å². The van der Waals surface area contributed by atoms with Crippen molar-refractivity contribution in [1.82, 2.24) is 0 Å². The Morgan fingerprint density at radius 2 is 1.81 bits per heavy atom. The van der Waals surface area contributed by atoms with Gasteiger partial charge >= 0.3 is 5.97 Å². The summed E-state index contributed by atoms with van der Waals surface area (Å²) in [6, 6.07) is 13.7. The fourth-order valence-electron chi connectivity index (χ4n) is 2.29. The lowest BCUT2D eigenvalue weighted by Crippen LogP contribution is -2.29. The van der Waals surface area contributed by atoms with Gasteiger partial charge in [0, 0.05) is 22.9 Å². The van der Waals surface area contributed by atoms with E-state index in [2.05, 4.69) is 5.32 Å². The number of esters is 1. The third-order valence-corrected chi connectivity index (χ3v) is 3.74. The molecule has 1 N–H and O–H groups in total. The minimum atomic E-state index is -0.999. The molecule has 6 heteroatoms. The molecule has 6 nitrogen and oxygen atoms in total. The number of anilines is 1. The molecule has 140 valence electrons. The van der Waals surface area contributed by atoms with Gasteiger partial charge in [-0.05, 0) is 38.1 Å². The van der Waals surface area contributed by atoms with E-state index in [9.17, 15) is 14.4 Å². The van der Waals surface area contributed by atoms with Crippen molar-refractivity contribution in [2.75, 3.05) is 12.4 Å². The van der Waals surface area contributed by atoms with Crippen LogP contribution in [0.15, 0.2) is 54.6 Å². The summed E-state index contributed by atoms with van der Waals surface area (Å²) < 4.78 is 10.3. The molecule has 1 unspecified atom stereocenters. The number of Topliss-reactive ketones (excluding diaryl/α,β-unsaturated/α-hetero) is 1. The first kappa shape index (κ1) is 19.9. The molecule has 0 heterocycles. The number of amides is 1. The molecular formula is C21H21NO5. The summed E-state index contributed by atoms with van der Waals surface area (Å²) in [6.07, 6.45) is 1.79. The second kappa shape index (κ2) is 9.33. The smallest absolute Gasteiger partial charge is 0.331 e. The molecular weight excluding hydrogens is 346 g/mol. The van der Waals surface area contributed by atoms with Gasteiger partial charge in [0.2, 0.25) is 0 Å². The van der Waals surface area contributed by atoms with E-state index in [0.717, 1.165) is 5.56 Å². The molecule has 0 aliphatic heterocycles. The van der Waals surface area contributed by atoms with Crippen LogP contribution in [0.3, 0.4) is 0 Å². The number of methoxy groups -OCH3 is 1. The predicted molar refractivity (Wildman–Crippen MR) is 103 cm³/mol. The molecule has 0 saturated carbocycles. The van der Waals surface area contributed by atoms with Gasteiger partial charge < -0.3 is 14.8 Å². The minimum Gasteiger partial charge on any atom is -0.496 e. The topological polar surface area (TPSA) is 81.7 Å². The Hall–Kier alpha value is -3.41. The van der Waals surface area contributed by atoms with Crippen LogP contribution in [0.1, 0.15) is 29.8 Å². The zero-order valence-corrected chi connectivity index (χ0v) is 15.4. The van der Waals surface area contributed by atoms with Crippen molar-refractivity contribution in [2.45, 2.75) is 20.0 Å². The number of benzene rings is 2. The van der Waals surface area contributed by atoms with Crippen LogP contribution in [-0.2, 0) is 14.3 Å². The maximum Gasteiger partial charge on any atom is 0.331 e. The van der Waals surface area contributed by atoms with Crippen LogP contribution in [0.4, 0.5) is 5.69 Å². The molecule has 0 saturated heterocycles. The highest BCUT2D eigenvalue weighted by Gasteiger charge is 2.17. The zero-order chi connectivity index (χ0) is 19.8. The van der Waals surface area contributed by atoms with Crippen LogP contribution in [0, 0.1) is 0 Å². The summed E-state index contributed by atoms with van der Waals surface area (Å²) in [6.45, 7) is 2.92. The van der Waals surface area contributed by atoms with Crippen molar-refractivity contribution in [3.05, 3.63) is 65.7 Å². The summed E-state index contributed by atoms with van der Waals surface area (Å²) in [5.41, 5.74) is 1.66. The number of carbonyl (C=O) groups excluding carboxylic acids is 3. The highest BCUT2D eigenvalue weighted by atomic mass is 16.5. The maximum absolute atomic E-state index is 12.2. The lowest BCUT2D eigenvalue weighted by atomic mass is 10.1. The van der Waals surface area contributed by atoms with Crippen LogP contribution in [0.2, 0.25) is 0 Å². The monoisotopic (exact) mass is 367 g/mol. The van der Waals surface area contributed by atoms with E-state index in [-0.39, 0.29) is 5.78 Å². The van der Waals surface area contributed by atoms with E-state index in [1.807, 2.05) is 12.1 Å². The highest BCUT2D eigenvalue weighted by Crippen LogP contribution is 2.18. The van der Waals surface area contributed by atoms with Crippen molar-refractivity contribution in [3.63, 3.8) is 0 Å². The highest BCUT2D eigenvalue weighted by molar-refractivity contribution is 5.99. The maximum atomic E-state index is 12.2. The van der Waals surface area contributed by atoms with E-state index in [1.165, 1.54) is 19.9 Å². The third-order valence-electron chi connectivity index (χ3n) is 3.74. The molecule has 1 amide bonds. The first-order valence-corrected chi connectivity index (χ1v) is 8.34. The molecule has 0 radical (unpaired) electrons. The molecule has 2 aromatic carbocycles. The lowest BCUT2D eigenvalue weighted by Gasteiger charge is -2.13. The third kappa shape index (κ3) is 5.81. The molecule has 1 atom stereocenters. The van der Waals surface area contributed by atoms with E-state index in [1.54, 1.807) is 49.6 Å². The van der Waals surface area contributed by atoms with Gasteiger partial charge in [0.25, 0.3) is 5.91 Å². The minimum absolute atomic E-state index is 0.105. The van der Waals surface area contributed by atoms with Crippen molar-refractivity contribution in [2.24, 2.45) is 0 Å². The normalized spacial score (nSPS) is 11.7. The van der Waals surface area contributed by atoms with Gasteiger partial charge in [0.15, 0.2) is 11.9 Å². The number of carbonyl (C=O) groups is 3. The number of hydrogen-bond donors (Lipinski definition) is 1. The van der Waals surface area contributed by atoms with Gasteiger partial charge in [0.05, 0.1) is 7.11 Å². The zero-order valence-electron chi connectivity index (χ0n) is 15.4. The Morgan fingerprint density at radius 3 is 2.52 bits per heavy atom. The molecule has 0 spiro atoms. The molecule has 0 aromatic heterocycles. The summed E-state index contributed by atoms with van der Waals surface area (Å²) in [5.74, 6) is -0.625. The molecule has 0 aliphatic carbocycles. The Kier molecular flexibility index (Phi) is 6.88. The van der Waals surface area contributed by atoms with Gasteiger partial charge in [0.1, 0.15) is 5.75 Å². The standard InChI is InChI=1S/C21H21NO5/c1-14(23)17-8-6-9-18(13-17)22-21(25)15(2)27-20(24)12-11-16-7-4-5-10-19(16)26-3/h4-13,15H,1-3H3,(H,22,25)/b12-11+. The summed E-state index contributed by atoms with van der Waals surface area (Å²) in [7, 11) is 1.54. The molecule has 2 rings (SSSR count).